The normalized spacial score (nSPS) is 43.0. The number of likely N-dealkylation sites (tertiary alicyclic amines) is 1. The number of nitrogens with one attached hydrogen (secondary N) is 1. The molecule has 1 N–H and O–H groups in total. The Morgan fingerprint density at radius 2 is 1.89 bits per heavy atom. The molecule has 1 heterocycles. The van der Waals surface area contributed by atoms with E-state index < -0.39 is 0 Å². The average molecular weight is 387 g/mol. The van der Waals surface area contributed by atoms with E-state index in [1.165, 1.54) is 32.1 Å². The van der Waals surface area contributed by atoms with Gasteiger partial charge in [-0.25, -0.2) is 0 Å². The fourth-order valence-corrected chi connectivity index (χ4v) is 7.44. The van der Waals surface area contributed by atoms with E-state index in [9.17, 15) is 9.59 Å². The maximum absolute atomic E-state index is 13.4. The van der Waals surface area contributed by atoms with Crippen molar-refractivity contribution >= 4 is 11.7 Å². The average Bonchev–Trinajstić information content (AvgIpc) is 2.96. The molecular weight excluding hydrogens is 348 g/mol. The number of amides is 1. The minimum absolute atomic E-state index is 0.0581. The number of piperidine rings is 1. The van der Waals surface area contributed by atoms with Crippen LogP contribution in [0.3, 0.4) is 0 Å². The van der Waals surface area contributed by atoms with Gasteiger partial charge in [0, 0.05) is 42.7 Å². The highest BCUT2D eigenvalue weighted by Crippen LogP contribution is 2.64. The van der Waals surface area contributed by atoms with Gasteiger partial charge in [0.05, 0.1) is 5.92 Å². The summed E-state index contributed by atoms with van der Waals surface area (Å²) in [5, 5.41) is 3.19. The summed E-state index contributed by atoms with van der Waals surface area (Å²) >= 11 is 0. The van der Waals surface area contributed by atoms with Crippen molar-refractivity contribution in [3.63, 3.8) is 0 Å². The van der Waals surface area contributed by atoms with E-state index in [0.717, 1.165) is 18.2 Å². The summed E-state index contributed by atoms with van der Waals surface area (Å²) in [6.07, 6.45) is 8.70. The molecule has 4 aliphatic rings. The van der Waals surface area contributed by atoms with Crippen molar-refractivity contribution in [1.29, 1.82) is 0 Å². The molecule has 156 valence electrons. The van der Waals surface area contributed by atoms with Gasteiger partial charge in [0.25, 0.3) is 0 Å². The van der Waals surface area contributed by atoms with Crippen LogP contribution in [0.2, 0.25) is 0 Å². The molecule has 4 heteroatoms. The van der Waals surface area contributed by atoms with Gasteiger partial charge in [0.2, 0.25) is 5.91 Å². The topological polar surface area (TPSA) is 49.4 Å². The molecule has 1 saturated heterocycles. The van der Waals surface area contributed by atoms with Crippen LogP contribution in [0.5, 0.6) is 0 Å². The zero-order chi connectivity index (χ0) is 20.5. The SMILES string of the molecule is CN1C[C@H]2[C@@H]3CCC[C@@]3(C)CC[C@@H]2[C@]2(C)C1=CC(=O)CC2C(=O)NC(C)(C)C. The highest BCUT2D eigenvalue weighted by Gasteiger charge is 2.61. The first-order valence-corrected chi connectivity index (χ1v) is 11.2. The summed E-state index contributed by atoms with van der Waals surface area (Å²) in [5.74, 6) is 1.79. The van der Waals surface area contributed by atoms with Crippen molar-refractivity contribution in [2.75, 3.05) is 13.6 Å². The lowest BCUT2D eigenvalue weighted by molar-refractivity contribution is -0.144. The van der Waals surface area contributed by atoms with Crippen LogP contribution in [-0.4, -0.2) is 35.7 Å². The summed E-state index contributed by atoms with van der Waals surface area (Å²) in [6.45, 7) is 11.9. The number of allylic oxidation sites excluding steroid dienone is 2. The monoisotopic (exact) mass is 386 g/mol. The molecule has 0 radical (unpaired) electrons. The summed E-state index contributed by atoms with van der Waals surface area (Å²) in [5.41, 5.74) is 1.06. The molecule has 0 spiro atoms. The van der Waals surface area contributed by atoms with Gasteiger partial charge in [-0.05, 0) is 69.6 Å². The molecule has 1 amide bonds. The first-order chi connectivity index (χ1) is 13.0. The first kappa shape index (κ1) is 20.0. The first-order valence-electron chi connectivity index (χ1n) is 11.2. The van der Waals surface area contributed by atoms with E-state index in [0.29, 0.717) is 23.7 Å². The third kappa shape index (κ3) is 2.93. The van der Waals surface area contributed by atoms with E-state index in [1.54, 1.807) is 0 Å². The lowest BCUT2D eigenvalue weighted by Gasteiger charge is -2.61. The predicted octanol–water partition coefficient (Wildman–Crippen LogP) is 4.16. The predicted molar refractivity (Wildman–Crippen MR) is 111 cm³/mol. The molecule has 1 unspecified atom stereocenters. The number of carbonyl (C=O) groups excluding carboxylic acids is 2. The van der Waals surface area contributed by atoms with E-state index in [1.807, 2.05) is 26.8 Å². The number of hydrogen-bond donors (Lipinski definition) is 1. The van der Waals surface area contributed by atoms with Crippen LogP contribution in [0, 0.1) is 34.5 Å². The number of rotatable bonds is 1. The molecule has 0 aromatic carbocycles. The van der Waals surface area contributed by atoms with Crippen molar-refractivity contribution in [3.8, 4) is 0 Å². The lowest BCUT2D eigenvalue weighted by Crippen LogP contribution is -2.61. The zero-order valence-corrected chi connectivity index (χ0v) is 18.6. The molecule has 4 rings (SSSR count). The number of fused-ring (bicyclic) bond motifs is 5. The lowest BCUT2D eigenvalue weighted by atomic mass is 9.48. The Hall–Kier alpha value is -1.32. The molecule has 2 saturated carbocycles. The highest BCUT2D eigenvalue weighted by atomic mass is 16.2. The van der Waals surface area contributed by atoms with E-state index in [-0.39, 0.29) is 28.6 Å². The molecule has 0 aromatic rings. The zero-order valence-electron chi connectivity index (χ0n) is 18.6. The maximum Gasteiger partial charge on any atom is 0.224 e. The van der Waals surface area contributed by atoms with Gasteiger partial charge < -0.3 is 10.2 Å². The quantitative estimate of drug-likeness (QED) is 0.736. The summed E-state index contributed by atoms with van der Waals surface area (Å²) in [6, 6.07) is 0. The Balaban J connectivity index is 1.75. The Labute approximate surface area is 170 Å². The minimum Gasteiger partial charge on any atom is -0.377 e. The van der Waals surface area contributed by atoms with Gasteiger partial charge in [-0.1, -0.05) is 20.3 Å². The Morgan fingerprint density at radius 1 is 1.18 bits per heavy atom. The number of ketones is 1. The summed E-state index contributed by atoms with van der Waals surface area (Å²) in [7, 11) is 2.14. The second-order valence-corrected chi connectivity index (χ2v) is 11.6. The van der Waals surface area contributed by atoms with Crippen molar-refractivity contribution in [2.24, 2.45) is 34.5 Å². The third-order valence-corrected chi connectivity index (χ3v) is 8.68. The van der Waals surface area contributed by atoms with Crippen molar-refractivity contribution < 1.29 is 9.59 Å². The van der Waals surface area contributed by atoms with Crippen LogP contribution in [0.25, 0.3) is 0 Å². The van der Waals surface area contributed by atoms with Crippen LogP contribution in [0.15, 0.2) is 11.8 Å². The van der Waals surface area contributed by atoms with E-state index in [4.69, 9.17) is 0 Å². The number of nitrogens with zero attached hydrogens (tertiary/aromatic N) is 1. The molecule has 0 aromatic heterocycles. The van der Waals surface area contributed by atoms with Crippen LogP contribution < -0.4 is 5.32 Å². The number of carbonyl (C=O) groups is 2. The Morgan fingerprint density at radius 3 is 2.57 bits per heavy atom. The highest BCUT2D eigenvalue weighted by molar-refractivity contribution is 5.96. The molecule has 0 bridgehead atoms. The smallest absolute Gasteiger partial charge is 0.224 e. The third-order valence-electron chi connectivity index (χ3n) is 8.68. The van der Waals surface area contributed by atoms with Gasteiger partial charge in [-0.15, -0.1) is 0 Å². The van der Waals surface area contributed by atoms with Gasteiger partial charge in [0.1, 0.15) is 0 Å². The largest absolute Gasteiger partial charge is 0.377 e. The fraction of sp³-hybridized carbons (Fsp3) is 0.833. The van der Waals surface area contributed by atoms with Gasteiger partial charge in [-0.2, -0.15) is 0 Å². The molecule has 1 aliphatic heterocycles. The van der Waals surface area contributed by atoms with Crippen molar-refractivity contribution in [3.05, 3.63) is 11.8 Å². The molecular formula is C24H38N2O2. The van der Waals surface area contributed by atoms with Crippen LogP contribution in [0.4, 0.5) is 0 Å². The van der Waals surface area contributed by atoms with E-state index >= 15 is 0 Å². The maximum atomic E-state index is 13.4. The Kier molecular flexibility index (Phi) is 4.52. The van der Waals surface area contributed by atoms with Gasteiger partial charge in [-0.3, -0.25) is 9.59 Å². The molecule has 4 nitrogen and oxygen atoms in total. The molecule has 28 heavy (non-hydrogen) atoms. The standard InChI is InChI=1S/C24H38N2O2/c1-22(2,3)25-21(28)19-12-15(27)13-20-24(19,5)18-9-11-23(4)10-7-8-17(23)16(18)14-26(20)6/h13,16-19H,7-12,14H2,1-6H3,(H,25,28)/t16-,17-,18-,19?,23-,24-/m0/s1. The summed E-state index contributed by atoms with van der Waals surface area (Å²) in [4.78, 5) is 28.3. The second kappa shape index (κ2) is 6.34. The van der Waals surface area contributed by atoms with Crippen molar-refractivity contribution in [2.45, 2.75) is 78.7 Å². The van der Waals surface area contributed by atoms with Crippen LogP contribution in [0.1, 0.15) is 73.1 Å². The molecule has 3 fully saturated rings. The molecule has 6 atom stereocenters. The Bertz CT molecular complexity index is 721. The minimum atomic E-state index is -0.283. The van der Waals surface area contributed by atoms with E-state index in [2.05, 4.69) is 31.1 Å². The van der Waals surface area contributed by atoms with Crippen LogP contribution in [-0.2, 0) is 9.59 Å². The summed E-state index contributed by atoms with van der Waals surface area (Å²) < 4.78 is 0. The van der Waals surface area contributed by atoms with Crippen molar-refractivity contribution in [1.82, 2.24) is 10.2 Å². The van der Waals surface area contributed by atoms with Crippen LogP contribution >= 0.6 is 0 Å². The second-order valence-electron chi connectivity index (χ2n) is 11.6. The fourth-order valence-electron chi connectivity index (χ4n) is 7.44. The van der Waals surface area contributed by atoms with Gasteiger partial charge in [0.15, 0.2) is 5.78 Å². The number of hydrogen-bond acceptors (Lipinski definition) is 3. The van der Waals surface area contributed by atoms with Gasteiger partial charge >= 0.3 is 0 Å². The molecule has 3 aliphatic carbocycles.